The summed E-state index contributed by atoms with van der Waals surface area (Å²) < 4.78 is 30.4. The molecule has 1 saturated heterocycles. The highest BCUT2D eigenvalue weighted by atomic mass is 32.2. The topological polar surface area (TPSA) is 80.8 Å². The summed E-state index contributed by atoms with van der Waals surface area (Å²) in [6, 6.07) is 6.28. The molecule has 6 nitrogen and oxygen atoms in total. The quantitative estimate of drug-likeness (QED) is 0.787. The molecule has 124 valence electrons. The van der Waals surface area contributed by atoms with Crippen molar-refractivity contribution in [2.24, 2.45) is 0 Å². The van der Waals surface area contributed by atoms with Crippen molar-refractivity contribution in [2.45, 2.75) is 38.2 Å². The lowest BCUT2D eigenvalue weighted by atomic mass is 9.96. The number of rotatable bonds is 3. The van der Waals surface area contributed by atoms with Gasteiger partial charge in [0.1, 0.15) is 0 Å². The largest absolute Gasteiger partial charge is 0.451 e. The van der Waals surface area contributed by atoms with Crippen LogP contribution in [0.15, 0.2) is 24.3 Å². The number of anilines is 1. The smallest absolute Gasteiger partial charge is 0.338 e. The average Bonchev–Trinajstić information content (AvgIpc) is 2.89. The van der Waals surface area contributed by atoms with E-state index in [1.165, 1.54) is 4.31 Å². The highest BCUT2D eigenvalue weighted by molar-refractivity contribution is 7.93. The molecule has 1 aliphatic heterocycles. The summed E-state index contributed by atoms with van der Waals surface area (Å²) in [6.45, 7) is 0.461. The van der Waals surface area contributed by atoms with Gasteiger partial charge in [-0.2, -0.15) is 0 Å². The zero-order chi connectivity index (χ0) is 16.4. The minimum absolute atomic E-state index is 0.0237. The number of esters is 1. The van der Waals surface area contributed by atoms with Crippen LogP contribution in [0.25, 0.3) is 0 Å². The summed E-state index contributed by atoms with van der Waals surface area (Å²) in [5.74, 6) is -0.411. The Balaban J connectivity index is 1.69. The molecule has 1 aromatic carbocycles. The summed E-state index contributed by atoms with van der Waals surface area (Å²) in [4.78, 5) is 23.8. The van der Waals surface area contributed by atoms with Gasteiger partial charge in [0.05, 0.1) is 17.0 Å². The number of nitrogens with zero attached hydrogens (tertiary/aromatic N) is 1. The van der Waals surface area contributed by atoms with Crippen LogP contribution in [0.3, 0.4) is 0 Å². The monoisotopic (exact) mass is 337 g/mol. The van der Waals surface area contributed by atoms with Crippen molar-refractivity contribution in [3.05, 3.63) is 29.8 Å². The third kappa shape index (κ3) is 3.39. The Morgan fingerprint density at radius 3 is 2.48 bits per heavy atom. The Hall–Kier alpha value is -1.89. The number of benzene rings is 1. The van der Waals surface area contributed by atoms with Crippen LogP contribution in [0.2, 0.25) is 0 Å². The molecule has 1 aliphatic carbocycles. The van der Waals surface area contributed by atoms with Crippen LogP contribution in [-0.4, -0.2) is 38.6 Å². The Bertz CT molecular complexity index is 710. The molecule has 7 heteroatoms. The van der Waals surface area contributed by atoms with Crippen LogP contribution in [0.1, 0.15) is 42.5 Å². The van der Waals surface area contributed by atoms with E-state index in [1.54, 1.807) is 24.3 Å². The second-order valence-corrected chi connectivity index (χ2v) is 7.91. The van der Waals surface area contributed by atoms with E-state index in [0.29, 0.717) is 37.1 Å². The van der Waals surface area contributed by atoms with Gasteiger partial charge in [-0.15, -0.1) is 0 Å². The Labute approximate surface area is 135 Å². The predicted molar refractivity (Wildman–Crippen MR) is 84.9 cm³/mol. The maximum Gasteiger partial charge on any atom is 0.338 e. The Morgan fingerprint density at radius 1 is 1.13 bits per heavy atom. The maximum atomic E-state index is 12.1. The molecule has 0 N–H and O–H groups in total. The number of sulfonamides is 1. The van der Waals surface area contributed by atoms with E-state index < -0.39 is 22.1 Å². The first-order valence-electron chi connectivity index (χ1n) is 7.81. The fourth-order valence-electron chi connectivity index (χ4n) is 2.97. The van der Waals surface area contributed by atoms with Crippen molar-refractivity contribution < 1.29 is 22.7 Å². The highest BCUT2D eigenvalue weighted by Gasteiger charge is 2.29. The molecule has 0 unspecified atom stereocenters. The number of carbonyl (C=O) groups excluding carboxylic acids is 2. The second-order valence-electron chi connectivity index (χ2n) is 5.89. The van der Waals surface area contributed by atoms with Crippen molar-refractivity contribution in [3.8, 4) is 0 Å². The van der Waals surface area contributed by atoms with Gasteiger partial charge in [-0.1, -0.05) is 0 Å². The lowest BCUT2D eigenvalue weighted by Crippen LogP contribution is -2.30. The molecule has 0 radical (unpaired) electrons. The molecule has 1 heterocycles. The zero-order valence-electron chi connectivity index (χ0n) is 12.7. The zero-order valence-corrected chi connectivity index (χ0v) is 13.5. The Kier molecular flexibility index (Phi) is 4.39. The van der Waals surface area contributed by atoms with Crippen LogP contribution in [-0.2, 0) is 19.6 Å². The van der Waals surface area contributed by atoms with Crippen molar-refractivity contribution >= 4 is 27.5 Å². The van der Waals surface area contributed by atoms with Gasteiger partial charge >= 0.3 is 5.97 Å². The molecule has 0 spiro atoms. The summed E-state index contributed by atoms with van der Waals surface area (Å²) in [7, 11) is -3.23. The first kappa shape index (κ1) is 16.0. The molecule has 0 bridgehead atoms. The fraction of sp³-hybridized carbons (Fsp3) is 0.500. The van der Waals surface area contributed by atoms with E-state index in [1.807, 2.05) is 0 Å². The van der Waals surface area contributed by atoms with E-state index in [9.17, 15) is 18.0 Å². The van der Waals surface area contributed by atoms with Gasteiger partial charge in [0.15, 0.2) is 11.9 Å². The predicted octanol–water partition coefficient (Wildman–Crippen LogP) is 1.90. The number of hydrogen-bond acceptors (Lipinski definition) is 5. The number of hydrogen-bond donors (Lipinski definition) is 0. The number of carbonyl (C=O) groups is 2. The molecule has 2 fully saturated rings. The third-order valence-corrected chi connectivity index (χ3v) is 6.11. The summed E-state index contributed by atoms with van der Waals surface area (Å²) in [6.07, 6.45) is 2.74. The SMILES string of the molecule is O=C(O[C@@H]1CCCCC1=O)c1ccc(N2CCCS2(=O)=O)cc1. The number of ether oxygens (including phenoxy) is 1. The first-order valence-corrected chi connectivity index (χ1v) is 9.42. The molecule has 1 aromatic rings. The van der Waals surface area contributed by atoms with Gasteiger partial charge in [-0.3, -0.25) is 9.10 Å². The van der Waals surface area contributed by atoms with Gasteiger partial charge in [-0.25, -0.2) is 13.2 Å². The normalized spacial score (nSPS) is 23.7. The molecule has 1 atom stereocenters. The highest BCUT2D eigenvalue weighted by Crippen LogP contribution is 2.25. The molecule has 0 aromatic heterocycles. The van der Waals surface area contributed by atoms with E-state index >= 15 is 0 Å². The van der Waals surface area contributed by atoms with Crippen molar-refractivity contribution in [1.82, 2.24) is 0 Å². The lowest BCUT2D eigenvalue weighted by molar-refractivity contribution is -0.129. The van der Waals surface area contributed by atoms with Crippen molar-refractivity contribution in [2.75, 3.05) is 16.6 Å². The molecule has 3 rings (SSSR count). The lowest BCUT2D eigenvalue weighted by Gasteiger charge is -2.21. The Morgan fingerprint density at radius 2 is 1.87 bits per heavy atom. The van der Waals surface area contributed by atoms with Crippen LogP contribution >= 0.6 is 0 Å². The molecule has 1 saturated carbocycles. The summed E-state index contributed by atoms with van der Waals surface area (Å²) >= 11 is 0. The minimum atomic E-state index is -3.23. The van der Waals surface area contributed by atoms with Crippen molar-refractivity contribution in [3.63, 3.8) is 0 Å². The van der Waals surface area contributed by atoms with Gasteiger partial charge < -0.3 is 4.74 Å². The standard InChI is InChI=1S/C16H19NO5S/c18-14-4-1-2-5-15(14)22-16(19)12-6-8-13(9-7-12)17-10-3-11-23(17,20)21/h6-9,15H,1-5,10-11H2/t15-/m1/s1. The molecular weight excluding hydrogens is 318 g/mol. The average molecular weight is 337 g/mol. The second kappa shape index (κ2) is 6.31. The molecule has 0 amide bonds. The van der Waals surface area contributed by atoms with E-state index in [-0.39, 0.29) is 11.5 Å². The molecule has 2 aliphatic rings. The molecular formula is C16H19NO5S. The van der Waals surface area contributed by atoms with Crippen LogP contribution in [0.4, 0.5) is 5.69 Å². The minimum Gasteiger partial charge on any atom is -0.451 e. The number of Topliss-reactive ketones (excluding diaryl/α,β-unsaturated/α-hetero) is 1. The van der Waals surface area contributed by atoms with Crippen molar-refractivity contribution in [1.29, 1.82) is 0 Å². The van der Waals surface area contributed by atoms with Gasteiger partial charge in [0.25, 0.3) is 0 Å². The summed E-state index contributed by atoms with van der Waals surface area (Å²) in [5.41, 5.74) is 0.872. The van der Waals surface area contributed by atoms with Gasteiger partial charge in [0, 0.05) is 13.0 Å². The van der Waals surface area contributed by atoms with Crippen LogP contribution < -0.4 is 4.31 Å². The molecule has 23 heavy (non-hydrogen) atoms. The van der Waals surface area contributed by atoms with Gasteiger partial charge in [-0.05, 0) is 49.9 Å². The van der Waals surface area contributed by atoms with E-state index in [4.69, 9.17) is 4.74 Å². The van der Waals surface area contributed by atoms with E-state index in [2.05, 4.69) is 0 Å². The first-order chi connectivity index (χ1) is 11.0. The summed E-state index contributed by atoms with van der Waals surface area (Å²) in [5, 5.41) is 0. The maximum absolute atomic E-state index is 12.1. The number of ketones is 1. The fourth-order valence-corrected chi connectivity index (χ4v) is 4.53. The van der Waals surface area contributed by atoms with Crippen LogP contribution in [0, 0.1) is 0 Å². The van der Waals surface area contributed by atoms with Gasteiger partial charge in [0.2, 0.25) is 10.0 Å². The van der Waals surface area contributed by atoms with Crippen LogP contribution in [0.5, 0.6) is 0 Å². The third-order valence-electron chi connectivity index (χ3n) is 4.24. The van der Waals surface area contributed by atoms with E-state index in [0.717, 1.165) is 12.8 Å².